The van der Waals surface area contributed by atoms with Crippen LogP contribution in [0.15, 0.2) is 47.1 Å². The van der Waals surface area contributed by atoms with Gasteiger partial charge in [-0.25, -0.2) is 4.79 Å². The fourth-order valence-corrected chi connectivity index (χ4v) is 3.32. The van der Waals surface area contributed by atoms with Gasteiger partial charge in [0.25, 0.3) is 5.91 Å². The molecule has 0 bridgehead atoms. The van der Waals surface area contributed by atoms with E-state index in [-0.39, 0.29) is 11.9 Å². The summed E-state index contributed by atoms with van der Waals surface area (Å²) in [6, 6.07) is 10.9. The zero-order valence-corrected chi connectivity index (χ0v) is 14.9. The Bertz CT molecular complexity index is 725. The lowest BCUT2D eigenvalue weighted by molar-refractivity contribution is 0.0600. The average Bonchev–Trinajstić information content (AvgIpc) is 3.21. The van der Waals surface area contributed by atoms with Gasteiger partial charge in [0.2, 0.25) is 0 Å². The van der Waals surface area contributed by atoms with Crippen molar-refractivity contribution < 1.29 is 18.7 Å². The molecule has 3 rings (SSSR count). The van der Waals surface area contributed by atoms with E-state index in [1.54, 1.807) is 24.3 Å². The minimum atomic E-state index is -0.318. The molecule has 0 aliphatic carbocycles. The van der Waals surface area contributed by atoms with Crippen LogP contribution in [0.3, 0.4) is 0 Å². The van der Waals surface area contributed by atoms with Gasteiger partial charge in [-0.05, 0) is 55.1 Å². The van der Waals surface area contributed by atoms with Crippen molar-refractivity contribution in [3.05, 3.63) is 59.5 Å². The standard InChI is InChI=1S/C20H24N2O4/c1-25-20(24)17-8-6-15(7-9-17)13-22-10-2-4-16(14-22)12-21-19(23)18-5-3-11-26-18/h3,5-9,11,16H,2,4,10,12-14H2,1H3,(H,21,23)/t16-/m1/s1. The number of likely N-dealkylation sites (tertiary alicyclic amines) is 1. The van der Waals surface area contributed by atoms with Gasteiger partial charge in [-0.1, -0.05) is 12.1 Å². The van der Waals surface area contributed by atoms with Crippen LogP contribution >= 0.6 is 0 Å². The van der Waals surface area contributed by atoms with Crippen molar-refractivity contribution in [3.8, 4) is 0 Å². The van der Waals surface area contributed by atoms with Crippen molar-refractivity contribution in [2.24, 2.45) is 5.92 Å². The Hall–Kier alpha value is -2.60. The molecular weight excluding hydrogens is 332 g/mol. The molecule has 1 atom stereocenters. The fraction of sp³-hybridized carbons (Fsp3) is 0.400. The van der Waals surface area contributed by atoms with E-state index in [0.29, 0.717) is 23.8 Å². The number of nitrogens with one attached hydrogen (secondary N) is 1. The molecule has 2 aromatic rings. The van der Waals surface area contributed by atoms with E-state index in [1.807, 2.05) is 12.1 Å². The van der Waals surface area contributed by atoms with E-state index >= 15 is 0 Å². The highest BCUT2D eigenvalue weighted by Crippen LogP contribution is 2.18. The molecular formula is C20H24N2O4. The molecule has 6 nitrogen and oxygen atoms in total. The lowest BCUT2D eigenvalue weighted by Crippen LogP contribution is -2.40. The Morgan fingerprint density at radius 3 is 2.77 bits per heavy atom. The Morgan fingerprint density at radius 1 is 1.27 bits per heavy atom. The van der Waals surface area contributed by atoms with Crippen LogP contribution in [0.4, 0.5) is 0 Å². The number of amides is 1. The summed E-state index contributed by atoms with van der Waals surface area (Å²) >= 11 is 0. The second kappa shape index (κ2) is 8.67. The number of carbonyl (C=O) groups is 2. The third kappa shape index (κ3) is 4.73. The van der Waals surface area contributed by atoms with Crippen LogP contribution in [0.5, 0.6) is 0 Å². The molecule has 1 aromatic heterocycles. The molecule has 1 aliphatic rings. The van der Waals surface area contributed by atoms with Gasteiger partial charge in [0.05, 0.1) is 18.9 Å². The van der Waals surface area contributed by atoms with Gasteiger partial charge in [-0.3, -0.25) is 9.69 Å². The van der Waals surface area contributed by atoms with Crippen molar-refractivity contribution in [3.63, 3.8) is 0 Å². The summed E-state index contributed by atoms with van der Waals surface area (Å²) in [5.41, 5.74) is 1.73. The number of furan rings is 1. The van der Waals surface area contributed by atoms with E-state index in [2.05, 4.69) is 10.2 Å². The lowest BCUT2D eigenvalue weighted by Gasteiger charge is -2.32. The van der Waals surface area contributed by atoms with E-state index < -0.39 is 0 Å². The molecule has 0 unspecified atom stereocenters. The minimum Gasteiger partial charge on any atom is -0.465 e. The smallest absolute Gasteiger partial charge is 0.337 e. The highest BCUT2D eigenvalue weighted by Gasteiger charge is 2.21. The maximum Gasteiger partial charge on any atom is 0.337 e. The molecule has 1 aromatic carbocycles. The maximum absolute atomic E-state index is 12.0. The monoisotopic (exact) mass is 356 g/mol. The van der Waals surface area contributed by atoms with Crippen LogP contribution in [0, 0.1) is 5.92 Å². The number of esters is 1. The van der Waals surface area contributed by atoms with Crippen molar-refractivity contribution in [1.82, 2.24) is 10.2 Å². The molecule has 1 fully saturated rings. The topological polar surface area (TPSA) is 71.8 Å². The summed E-state index contributed by atoms with van der Waals surface area (Å²) < 4.78 is 9.84. The molecule has 1 saturated heterocycles. The second-order valence-corrected chi connectivity index (χ2v) is 6.62. The Balaban J connectivity index is 1.49. The third-order valence-corrected chi connectivity index (χ3v) is 4.68. The molecule has 26 heavy (non-hydrogen) atoms. The van der Waals surface area contributed by atoms with E-state index in [4.69, 9.17) is 9.15 Å². The number of piperidine rings is 1. The number of benzene rings is 1. The molecule has 2 heterocycles. The lowest BCUT2D eigenvalue weighted by atomic mass is 9.97. The van der Waals surface area contributed by atoms with Gasteiger partial charge in [-0.2, -0.15) is 0 Å². The van der Waals surface area contributed by atoms with Crippen molar-refractivity contribution in [1.29, 1.82) is 0 Å². The highest BCUT2D eigenvalue weighted by molar-refractivity contribution is 5.91. The van der Waals surface area contributed by atoms with E-state index in [1.165, 1.54) is 13.4 Å². The zero-order valence-electron chi connectivity index (χ0n) is 14.9. The molecule has 0 spiro atoms. The molecule has 1 aliphatic heterocycles. The summed E-state index contributed by atoms with van der Waals surface area (Å²) in [5, 5.41) is 2.95. The summed E-state index contributed by atoms with van der Waals surface area (Å²) in [6.45, 7) is 3.47. The number of ether oxygens (including phenoxy) is 1. The van der Waals surface area contributed by atoms with Crippen LogP contribution in [0.25, 0.3) is 0 Å². The third-order valence-electron chi connectivity index (χ3n) is 4.68. The Morgan fingerprint density at radius 2 is 2.08 bits per heavy atom. The van der Waals surface area contributed by atoms with E-state index in [0.717, 1.165) is 38.0 Å². The van der Waals surface area contributed by atoms with Crippen molar-refractivity contribution in [2.45, 2.75) is 19.4 Å². The predicted octanol–water partition coefficient (Wildman–Crippen LogP) is 2.71. The van der Waals surface area contributed by atoms with Crippen LogP contribution in [0.2, 0.25) is 0 Å². The van der Waals surface area contributed by atoms with Crippen LogP contribution in [0.1, 0.15) is 39.3 Å². The summed E-state index contributed by atoms with van der Waals surface area (Å²) in [6.07, 6.45) is 3.72. The number of methoxy groups -OCH3 is 1. The average molecular weight is 356 g/mol. The molecule has 0 saturated carbocycles. The molecule has 1 N–H and O–H groups in total. The second-order valence-electron chi connectivity index (χ2n) is 6.62. The van der Waals surface area contributed by atoms with Gasteiger partial charge in [-0.15, -0.1) is 0 Å². The highest BCUT2D eigenvalue weighted by atomic mass is 16.5. The van der Waals surface area contributed by atoms with Gasteiger partial charge < -0.3 is 14.5 Å². The van der Waals surface area contributed by atoms with Crippen LogP contribution in [-0.2, 0) is 11.3 Å². The number of hydrogen-bond acceptors (Lipinski definition) is 5. The molecule has 0 radical (unpaired) electrons. The van der Waals surface area contributed by atoms with Gasteiger partial charge >= 0.3 is 5.97 Å². The number of hydrogen-bond donors (Lipinski definition) is 1. The van der Waals surface area contributed by atoms with Gasteiger partial charge in [0.15, 0.2) is 5.76 Å². The molecule has 138 valence electrons. The summed E-state index contributed by atoms with van der Waals surface area (Å²) in [7, 11) is 1.38. The number of rotatable bonds is 6. The van der Waals surface area contributed by atoms with E-state index in [9.17, 15) is 9.59 Å². The first-order valence-electron chi connectivity index (χ1n) is 8.87. The predicted molar refractivity (Wildman–Crippen MR) is 96.8 cm³/mol. The van der Waals surface area contributed by atoms with Crippen molar-refractivity contribution >= 4 is 11.9 Å². The van der Waals surface area contributed by atoms with Crippen LogP contribution in [-0.4, -0.2) is 43.5 Å². The minimum absolute atomic E-state index is 0.162. The first-order chi connectivity index (χ1) is 12.7. The van der Waals surface area contributed by atoms with Gasteiger partial charge in [0.1, 0.15) is 0 Å². The quantitative estimate of drug-likeness (QED) is 0.806. The fourth-order valence-electron chi connectivity index (χ4n) is 3.32. The Kier molecular flexibility index (Phi) is 6.07. The van der Waals surface area contributed by atoms with Crippen molar-refractivity contribution in [2.75, 3.05) is 26.7 Å². The first kappa shape index (κ1) is 18.2. The summed E-state index contributed by atoms with van der Waals surface area (Å²) in [4.78, 5) is 25.9. The molecule has 1 amide bonds. The summed E-state index contributed by atoms with van der Waals surface area (Å²) in [5.74, 6) is 0.299. The van der Waals surface area contributed by atoms with Crippen LogP contribution < -0.4 is 5.32 Å². The Labute approximate surface area is 153 Å². The van der Waals surface area contributed by atoms with Gasteiger partial charge in [0, 0.05) is 19.6 Å². The first-order valence-corrected chi connectivity index (χ1v) is 8.87. The molecule has 6 heteroatoms. The normalized spacial score (nSPS) is 17.7. The number of nitrogens with zero attached hydrogens (tertiary/aromatic N) is 1. The largest absolute Gasteiger partial charge is 0.465 e. The number of carbonyl (C=O) groups excluding carboxylic acids is 2. The zero-order chi connectivity index (χ0) is 18.4. The maximum atomic E-state index is 12.0. The SMILES string of the molecule is COC(=O)c1ccc(CN2CCC[C@H](CNC(=O)c3ccco3)C2)cc1.